The Bertz CT molecular complexity index is 429. The fourth-order valence-electron chi connectivity index (χ4n) is 2.97. The van der Waals surface area contributed by atoms with Crippen LogP contribution >= 0.6 is 23.1 Å². The van der Waals surface area contributed by atoms with Crippen molar-refractivity contribution in [1.29, 1.82) is 0 Å². The first-order valence-electron chi connectivity index (χ1n) is 6.59. The van der Waals surface area contributed by atoms with E-state index in [1.807, 2.05) is 23.5 Å². The third kappa shape index (κ3) is 2.72. The number of aliphatic imine (C=N–C) groups is 1. The van der Waals surface area contributed by atoms with Crippen LogP contribution in [0.3, 0.4) is 0 Å². The Hall–Kier alpha value is -0.550. The van der Waals surface area contributed by atoms with Crippen LogP contribution in [-0.2, 0) is 6.54 Å². The Morgan fingerprint density at radius 3 is 3.33 bits per heavy atom. The summed E-state index contributed by atoms with van der Waals surface area (Å²) in [7, 11) is 0. The molecule has 2 fully saturated rings. The van der Waals surface area contributed by atoms with Gasteiger partial charge in [-0.15, -0.1) is 11.3 Å². The quantitative estimate of drug-likeness (QED) is 0.904. The van der Waals surface area contributed by atoms with E-state index in [2.05, 4.69) is 22.2 Å². The van der Waals surface area contributed by atoms with Crippen molar-refractivity contribution in [3.8, 4) is 0 Å². The van der Waals surface area contributed by atoms with E-state index in [1.165, 1.54) is 36.3 Å². The van der Waals surface area contributed by atoms with E-state index in [0.717, 1.165) is 17.6 Å². The van der Waals surface area contributed by atoms with Crippen LogP contribution in [-0.4, -0.2) is 21.4 Å². The summed E-state index contributed by atoms with van der Waals surface area (Å²) in [5, 5.41) is 4.83. The summed E-state index contributed by atoms with van der Waals surface area (Å²) >= 11 is 3.57. The fraction of sp³-hybridized carbons (Fsp3) is 0.692. The molecule has 0 bridgehead atoms. The highest BCUT2D eigenvalue weighted by Crippen LogP contribution is 2.38. The van der Waals surface area contributed by atoms with Gasteiger partial charge in [0.1, 0.15) is 0 Å². The molecule has 18 heavy (non-hydrogen) atoms. The summed E-state index contributed by atoms with van der Waals surface area (Å²) < 4.78 is 0. The number of rotatable bonds is 2. The predicted molar refractivity (Wildman–Crippen MR) is 79.2 cm³/mol. The van der Waals surface area contributed by atoms with Crippen LogP contribution in [0.25, 0.3) is 0 Å². The standard InChI is InChI=1S/C13H19N3S2/c1-10-3-2-4-13(5-10)8-17-12(16-13)15-7-11-6-14-9-18-11/h6,9-10H,2-5,7-8H2,1H3,(H,15,16). The third-order valence-electron chi connectivity index (χ3n) is 3.81. The Morgan fingerprint density at radius 2 is 2.56 bits per heavy atom. The molecule has 2 atom stereocenters. The molecule has 0 amide bonds. The highest BCUT2D eigenvalue weighted by Gasteiger charge is 2.40. The maximum Gasteiger partial charge on any atom is 0.157 e. The topological polar surface area (TPSA) is 37.3 Å². The molecule has 1 aliphatic heterocycles. The Balaban J connectivity index is 1.62. The van der Waals surface area contributed by atoms with Gasteiger partial charge in [-0.2, -0.15) is 0 Å². The second-order valence-electron chi connectivity index (χ2n) is 5.48. The molecule has 3 nitrogen and oxygen atoms in total. The summed E-state index contributed by atoms with van der Waals surface area (Å²) in [5.41, 5.74) is 2.21. The first kappa shape index (κ1) is 12.5. The summed E-state index contributed by atoms with van der Waals surface area (Å²) in [4.78, 5) is 10.0. The van der Waals surface area contributed by atoms with E-state index >= 15 is 0 Å². The van der Waals surface area contributed by atoms with Crippen LogP contribution in [0.4, 0.5) is 0 Å². The van der Waals surface area contributed by atoms with Crippen molar-refractivity contribution in [2.75, 3.05) is 5.75 Å². The van der Waals surface area contributed by atoms with Gasteiger partial charge in [0.05, 0.1) is 12.1 Å². The van der Waals surface area contributed by atoms with E-state index in [9.17, 15) is 0 Å². The van der Waals surface area contributed by atoms with Gasteiger partial charge in [-0.1, -0.05) is 31.5 Å². The number of thioether (sulfide) groups is 1. The minimum atomic E-state index is 0.342. The minimum absolute atomic E-state index is 0.342. The normalized spacial score (nSPS) is 34.1. The molecular weight excluding hydrogens is 262 g/mol. The highest BCUT2D eigenvalue weighted by atomic mass is 32.2. The van der Waals surface area contributed by atoms with Crippen molar-refractivity contribution in [2.45, 2.75) is 44.7 Å². The van der Waals surface area contributed by atoms with Gasteiger partial charge in [0.15, 0.2) is 5.17 Å². The van der Waals surface area contributed by atoms with Crippen LogP contribution in [0.5, 0.6) is 0 Å². The van der Waals surface area contributed by atoms with Crippen LogP contribution in [0.1, 0.15) is 37.5 Å². The molecule has 2 unspecified atom stereocenters. The number of hydrogen-bond donors (Lipinski definition) is 1. The first-order chi connectivity index (χ1) is 8.76. The second kappa shape index (κ2) is 5.21. The third-order valence-corrected chi connectivity index (χ3v) is 5.78. The van der Waals surface area contributed by atoms with E-state index in [1.54, 1.807) is 11.3 Å². The predicted octanol–water partition coefficient (Wildman–Crippen LogP) is 3.28. The highest BCUT2D eigenvalue weighted by molar-refractivity contribution is 8.14. The molecular formula is C13H19N3S2. The second-order valence-corrected chi connectivity index (χ2v) is 7.42. The fourth-order valence-corrected chi connectivity index (χ4v) is 4.68. The number of thiazole rings is 1. The molecule has 2 heterocycles. The van der Waals surface area contributed by atoms with Crippen LogP contribution in [0.2, 0.25) is 0 Å². The first-order valence-corrected chi connectivity index (χ1v) is 8.45. The van der Waals surface area contributed by atoms with E-state index in [0.29, 0.717) is 5.54 Å². The van der Waals surface area contributed by atoms with Gasteiger partial charge in [-0.3, -0.25) is 9.98 Å². The molecule has 1 saturated heterocycles. The lowest BCUT2D eigenvalue weighted by atomic mass is 9.78. The van der Waals surface area contributed by atoms with E-state index < -0.39 is 0 Å². The SMILES string of the molecule is CC1CCCC2(CSC(=NCc3cncs3)N2)C1. The number of amidine groups is 1. The molecule has 1 aromatic rings. The summed E-state index contributed by atoms with van der Waals surface area (Å²) in [6, 6.07) is 0. The summed E-state index contributed by atoms with van der Waals surface area (Å²) in [5.74, 6) is 2.05. The minimum Gasteiger partial charge on any atom is -0.359 e. The number of hydrogen-bond acceptors (Lipinski definition) is 4. The molecule has 2 aliphatic rings. The van der Waals surface area contributed by atoms with Gasteiger partial charge >= 0.3 is 0 Å². The lowest BCUT2D eigenvalue weighted by molar-refractivity contribution is 0.242. The maximum atomic E-state index is 4.68. The molecule has 1 aliphatic carbocycles. The molecule has 3 rings (SSSR count). The van der Waals surface area contributed by atoms with Gasteiger partial charge in [-0.05, 0) is 18.8 Å². The smallest absolute Gasteiger partial charge is 0.157 e. The number of nitrogens with one attached hydrogen (secondary N) is 1. The molecule has 0 radical (unpaired) electrons. The summed E-state index contributed by atoms with van der Waals surface area (Å²) in [6.45, 7) is 3.14. The van der Waals surface area contributed by atoms with Gasteiger partial charge < -0.3 is 5.32 Å². The zero-order valence-corrected chi connectivity index (χ0v) is 12.3. The van der Waals surface area contributed by atoms with Gasteiger partial charge in [-0.25, -0.2) is 0 Å². The monoisotopic (exact) mass is 281 g/mol. The van der Waals surface area contributed by atoms with E-state index in [-0.39, 0.29) is 0 Å². The van der Waals surface area contributed by atoms with Gasteiger partial charge in [0.2, 0.25) is 0 Å². The zero-order chi connectivity index (χ0) is 12.4. The van der Waals surface area contributed by atoms with Crippen LogP contribution in [0, 0.1) is 5.92 Å². The Kier molecular flexibility index (Phi) is 3.61. The lowest BCUT2D eigenvalue weighted by Crippen LogP contribution is -2.47. The number of nitrogens with zero attached hydrogens (tertiary/aromatic N) is 2. The van der Waals surface area contributed by atoms with Crippen molar-refractivity contribution < 1.29 is 0 Å². The average molecular weight is 281 g/mol. The van der Waals surface area contributed by atoms with Crippen LogP contribution < -0.4 is 5.32 Å². The largest absolute Gasteiger partial charge is 0.359 e. The van der Waals surface area contributed by atoms with E-state index in [4.69, 9.17) is 0 Å². The maximum absolute atomic E-state index is 4.68. The van der Waals surface area contributed by atoms with Crippen LogP contribution in [0.15, 0.2) is 16.7 Å². The Labute approximate surface area is 116 Å². The molecule has 1 spiro atoms. The molecule has 0 aromatic carbocycles. The lowest BCUT2D eigenvalue weighted by Gasteiger charge is -2.36. The van der Waals surface area contributed by atoms with Crippen molar-refractivity contribution in [1.82, 2.24) is 10.3 Å². The van der Waals surface area contributed by atoms with Gasteiger partial charge in [0, 0.05) is 22.4 Å². The van der Waals surface area contributed by atoms with Crippen molar-refractivity contribution in [3.05, 3.63) is 16.6 Å². The number of aromatic nitrogens is 1. The molecule has 98 valence electrons. The zero-order valence-electron chi connectivity index (χ0n) is 10.7. The molecule has 5 heteroatoms. The van der Waals surface area contributed by atoms with Gasteiger partial charge in [0.25, 0.3) is 0 Å². The van der Waals surface area contributed by atoms with Crippen molar-refractivity contribution in [3.63, 3.8) is 0 Å². The molecule has 1 aromatic heterocycles. The Morgan fingerprint density at radius 1 is 1.61 bits per heavy atom. The van der Waals surface area contributed by atoms with Crippen molar-refractivity contribution in [2.24, 2.45) is 10.9 Å². The average Bonchev–Trinajstić information content (AvgIpc) is 2.97. The van der Waals surface area contributed by atoms with Crippen molar-refractivity contribution >= 4 is 28.3 Å². The summed E-state index contributed by atoms with van der Waals surface area (Å²) in [6.07, 6.45) is 7.27. The molecule has 1 N–H and O–H groups in total. The molecule has 1 saturated carbocycles.